The van der Waals surface area contributed by atoms with E-state index in [1.165, 1.54) is 38.6 Å². The lowest BCUT2D eigenvalue weighted by molar-refractivity contribution is 0.217. The van der Waals surface area contributed by atoms with Gasteiger partial charge in [-0.05, 0) is 32.7 Å². The summed E-state index contributed by atoms with van der Waals surface area (Å²) in [5.41, 5.74) is 0. The molecular formula is C11H23N. The average molecular weight is 169 g/mol. The second-order valence-electron chi connectivity index (χ2n) is 4.53. The van der Waals surface area contributed by atoms with Gasteiger partial charge in [0.25, 0.3) is 0 Å². The highest BCUT2D eigenvalue weighted by molar-refractivity contribution is 4.69. The lowest BCUT2D eigenvalue weighted by Crippen LogP contribution is -2.32. The van der Waals surface area contributed by atoms with Gasteiger partial charge in [-0.25, -0.2) is 0 Å². The fraction of sp³-hybridized carbons (Fsp3) is 1.00. The van der Waals surface area contributed by atoms with Crippen LogP contribution in [0, 0.1) is 5.92 Å². The zero-order valence-corrected chi connectivity index (χ0v) is 8.84. The summed E-state index contributed by atoms with van der Waals surface area (Å²) in [5.74, 6) is 0.899. The maximum absolute atomic E-state index is 2.52. The number of nitrogens with zero attached hydrogens (tertiary/aromatic N) is 1. The summed E-state index contributed by atoms with van der Waals surface area (Å²) in [7, 11) is 2.27. The average Bonchev–Trinajstić information content (AvgIpc) is 2.07. The smallest absolute Gasteiger partial charge is 0.00639 e. The number of hydrogen-bond donors (Lipinski definition) is 0. The van der Waals surface area contributed by atoms with Crippen LogP contribution in [-0.4, -0.2) is 24.5 Å². The molecule has 0 radical (unpaired) electrons. The van der Waals surface area contributed by atoms with Crippen molar-refractivity contribution < 1.29 is 0 Å². The Hall–Kier alpha value is -0.0400. The zero-order valence-electron chi connectivity index (χ0n) is 8.84. The van der Waals surface area contributed by atoms with Crippen LogP contribution in [0.4, 0.5) is 0 Å². The summed E-state index contributed by atoms with van der Waals surface area (Å²) in [6.45, 7) is 6.04. The van der Waals surface area contributed by atoms with Gasteiger partial charge in [0.1, 0.15) is 0 Å². The van der Waals surface area contributed by atoms with E-state index >= 15 is 0 Å². The molecule has 0 aromatic carbocycles. The first-order valence-electron chi connectivity index (χ1n) is 5.40. The van der Waals surface area contributed by atoms with E-state index in [9.17, 15) is 0 Å². The van der Waals surface area contributed by atoms with Gasteiger partial charge < -0.3 is 4.90 Å². The Morgan fingerprint density at radius 2 is 1.67 bits per heavy atom. The maximum atomic E-state index is 2.52. The first-order valence-corrected chi connectivity index (χ1v) is 5.40. The van der Waals surface area contributed by atoms with E-state index in [0.717, 1.165) is 12.0 Å². The Labute approximate surface area is 77.1 Å². The fourth-order valence-corrected chi connectivity index (χ4v) is 2.09. The molecule has 0 aliphatic carbocycles. The predicted molar refractivity (Wildman–Crippen MR) is 54.3 cm³/mol. The summed E-state index contributed by atoms with van der Waals surface area (Å²) >= 11 is 0. The van der Waals surface area contributed by atoms with Crippen molar-refractivity contribution in [2.75, 3.05) is 13.6 Å². The molecule has 0 amide bonds. The minimum absolute atomic E-state index is 0.797. The molecule has 0 aromatic heterocycles. The van der Waals surface area contributed by atoms with Crippen LogP contribution in [0.2, 0.25) is 0 Å². The Bertz CT molecular complexity index is 122. The molecule has 2 unspecified atom stereocenters. The van der Waals surface area contributed by atoms with Crippen LogP contribution in [0.1, 0.15) is 46.0 Å². The SMILES string of the molecule is CC1CCCCCC(C)N(C)C1. The number of rotatable bonds is 0. The molecule has 1 saturated heterocycles. The van der Waals surface area contributed by atoms with Gasteiger partial charge in [-0.15, -0.1) is 0 Å². The molecule has 0 saturated carbocycles. The van der Waals surface area contributed by atoms with Crippen LogP contribution in [0.15, 0.2) is 0 Å². The standard InChI is InChI=1S/C11H23N/c1-10-7-5-4-6-8-11(2)12(3)9-10/h10-11H,4-9H2,1-3H3. The minimum Gasteiger partial charge on any atom is -0.303 e. The van der Waals surface area contributed by atoms with E-state index in [0.29, 0.717) is 0 Å². The molecule has 0 bridgehead atoms. The van der Waals surface area contributed by atoms with Gasteiger partial charge >= 0.3 is 0 Å². The second-order valence-corrected chi connectivity index (χ2v) is 4.53. The van der Waals surface area contributed by atoms with E-state index in [2.05, 4.69) is 25.8 Å². The monoisotopic (exact) mass is 169 g/mol. The summed E-state index contributed by atoms with van der Waals surface area (Å²) in [6, 6.07) is 0.797. The molecule has 1 aliphatic heterocycles. The topological polar surface area (TPSA) is 3.24 Å². The molecule has 2 atom stereocenters. The van der Waals surface area contributed by atoms with Gasteiger partial charge in [-0.1, -0.05) is 26.2 Å². The van der Waals surface area contributed by atoms with Crippen LogP contribution in [0.5, 0.6) is 0 Å². The molecule has 0 N–H and O–H groups in total. The first-order chi connectivity index (χ1) is 5.70. The van der Waals surface area contributed by atoms with Crippen molar-refractivity contribution in [1.82, 2.24) is 4.90 Å². The lowest BCUT2D eigenvalue weighted by atomic mass is 10.0. The second kappa shape index (κ2) is 4.86. The molecule has 1 heterocycles. The molecule has 72 valence electrons. The van der Waals surface area contributed by atoms with Crippen molar-refractivity contribution >= 4 is 0 Å². The Balaban J connectivity index is 2.40. The summed E-state index contributed by atoms with van der Waals surface area (Å²) in [6.07, 6.45) is 7.14. The van der Waals surface area contributed by atoms with Gasteiger partial charge in [-0.3, -0.25) is 0 Å². The Morgan fingerprint density at radius 3 is 2.42 bits per heavy atom. The molecule has 1 aliphatic rings. The van der Waals surface area contributed by atoms with Crippen LogP contribution in [0.3, 0.4) is 0 Å². The van der Waals surface area contributed by atoms with Crippen molar-refractivity contribution in [1.29, 1.82) is 0 Å². The summed E-state index contributed by atoms with van der Waals surface area (Å²) in [5, 5.41) is 0. The van der Waals surface area contributed by atoms with Crippen molar-refractivity contribution in [2.45, 2.75) is 52.0 Å². The normalized spacial score (nSPS) is 35.2. The summed E-state index contributed by atoms with van der Waals surface area (Å²) in [4.78, 5) is 2.52. The van der Waals surface area contributed by atoms with Crippen molar-refractivity contribution in [3.05, 3.63) is 0 Å². The molecule has 1 nitrogen and oxygen atoms in total. The highest BCUT2D eigenvalue weighted by Gasteiger charge is 2.14. The van der Waals surface area contributed by atoms with Gasteiger partial charge in [0, 0.05) is 12.6 Å². The van der Waals surface area contributed by atoms with Crippen molar-refractivity contribution in [3.63, 3.8) is 0 Å². The van der Waals surface area contributed by atoms with E-state index in [4.69, 9.17) is 0 Å². The van der Waals surface area contributed by atoms with Crippen LogP contribution in [-0.2, 0) is 0 Å². The zero-order chi connectivity index (χ0) is 8.97. The molecule has 0 aromatic rings. The van der Waals surface area contributed by atoms with Gasteiger partial charge in [0.2, 0.25) is 0 Å². The van der Waals surface area contributed by atoms with E-state index < -0.39 is 0 Å². The highest BCUT2D eigenvalue weighted by Crippen LogP contribution is 2.18. The van der Waals surface area contributed by atoms with Crippen LogP contribution in [0.25, 0.3) is 0 Å². The third kappa shape index (κ3) is 3.14. The molecular weight excluding hydrogens is 146 g/mol. The van der Waals surface area contributed by atoms with Crippen molar-refractivity contribution in [2.24, 2.45) is 5.92 Å². The van der Waals surface area contributed by atoms with Gasteiger partial charge in [0.15, 0.2) is 0 Å². The third-order valence-corrected chi connectivity index (χ3v) is 3.17. The van der Waals surface area contributed by atoms with E-state index in [1.54, 1.807) is 0 Å². The Kier molecular flexibility index (Phi) is 4.07. The van der Waals surface area contributed by atoms with Crippen LogP contribution < -0.4 is 0 Å². The Morgan fingerprint density at radius 1 is 1.00 bits per heavy atom. The quantitative estimate of drug-likeness (QED) is 0.539. The maximum Gasteiger partial charge on any atom is 0.00639 e. The molecule has 1 rings (SSSR count). The first kappa shape index (κ1) is 10.0. The largest absolute Gasteiger partial charge is 0.303 e. The van der Waals surface area contributed by atoms with Crippen molar-refractivity contribution in [3.8, 4) is 0 Å². The van der Waals surface area contributed by atoms with Crippen LogP contribution >= 0.6 is 0 Å². The number of hydrogen-bond acceptors (Lipinski definition) is 1. The fourth-order valence-electron chi connectivity index (χ4n) is 2.09. The molecule has 1 fully saturated rings. The highest BCUT2D eigenvalue weighted by atomic mass is 15.1. The molecule has 12 heavy (non-hydrogen) atoms. The van der Waals surface area contributed by atoms with Gasteiger partial charge in [0.05, 0.1) is 0 Å². The van der Waals surface area contributed by atoms with Gasteiger partial charge in [-0.2, -0.15) is 0 Å². The molecule has 0 spiro atoms. The molecule has 1 heteroatoms. The summed E-state index contributed by atoms with van der Waals surface area (Å²) < 4.78 is 0. The van der Waals surface area contributed by atoms with E-state index in [-0.39, 0.29) is 0 Å². The van der Waals surface area contributed by atoms with E-state index in [1.807, 2.05) is 0 Å². The lowest BCUT2D eigenvalue weighted by Gasteiger charge is -2.26. The third-order valence-electron chi connectivity index (χ3n) is 3.17. The predicted octanol–water partition coefficient (Wildman–Crippen LogP) is 2.91. The minimum atomic E-state index is 0.797.